The number of ketones is 1. The number of rotatable bonds is 5. The van der Waals surface area contributed by atoms with Gasteiger partial charge in [-0.15, -0.1) is 0 Å². The maximum Gasteiger partial charge on any atom is 0.244 e. The van der Waals surface area contributed by atoms with Crippen LogP contribution in [0.3, 0.4) is 0 Å². The minimum atomic E-state index is -0.590. The molecule has 0 atom stereocenters. The van der Waals surface area contributed by atoms with Gasteiger partial charge in [0, 0.05) is 35.2 Å². The summed E-state index contributed by atoms with van der Waals surface area (Å²) in [5.74, 6) is -2.07. The summed E-state index contributed by atoms with van der Waals surface area (Å²) in [6.45, 7) is -0.297. The van der Waals surface area contributed by atoms with E-state index in [-0.39, 0.29) is 28.6 Å². The first-order valence-corrected chi connectivity index (χ1v) is 9.25. The van der Waals surface area contributed by atoms with Gasteiger partial charge >= 0.3 is 0 Å². The average molecular weight is 419 g/mol. The van der Waals surface area contributed by atoms with Crippen molar-refractivity contribution >= 4 is 28.3 Å². The number of carbonyl (C=O) groups is 2. The van der Waals surface area contributed by atoms with Crippen LogP contribution in [0.1, 0.15) is 15.9 Å². The normalized spacial score (nSPS) is 10.8. The van der Waals surface area contributed by atoms with Crippen LogP contribution in [0, 0.1) is 11.6 Å². The van der Waals surface area contributed by atoms with Gasteiger partial charge in [0.15, 0.2) is 5.78 Å². The molecule has 1 N–H and O–H groups in total. The van der Waals surface area contributed by atoms with Crippen molar-refractivity contribution in [3.63, 3.8) is 0 Å². The Hall–Kier alpha value is -4.20. The molecule has 0 aliphatic rings. The fourth-order valence-corrected chi connectivity index (χ4v) is 3.20. The minimum Gasteiger partial charge on any atom is -0.337 e. The zero-order valence-electron chi connectivity index (χ0n) is 16.0. The number of hydrogen-bond acceptors (Lipinski definition) is 4. The molecule has 0 unspecified atom stereocenters. The van der Waals surface area contributed by atoms with E-state index in [2.05, 4.69) is 10.3 Å². The number of halogens is 2. The highest BCUT2D eigenvalue weighted by Crippen LogP contribution is 2.17. The number of aromatic nitrogens is 2. The molecule has 8 heteroatoms. The molecule has 2 aromatic carbocycles. The van der Waals surface area contributed by atoms with Crippen molar-refractivity contribution in [1.82, 2.24) is 9.55 Å². The molecular weight excluding hydrogens is 404 g/mol. The van der Waals surface area contributed by atoms with Crippen molar-refractivity contribution in [2.24, 2.45) is 0 Å². The standard InChI is InChI=1S/C23H15F2N3O3/c24-15-1-4-17(5-2-15)27-21(29)13-28-12-19(22(30)14-7-9-26-10-8-14)23(31)18-6-3-16(25)11-20(18)28/h1-12H,13H2,(H,27,29). The molecule has 0 saturated carbocycles. The molecular formula is C23H15F2N3O3. The van der Waals surface area contributed by atoms with Gasteiger partial charge in [0.05, 0.1) is 11.1 Å². The maximum atomic E-state index is 13.9. The molecule has 4 aromatic rings. The second-order valence-corrected chi connectivity index (χ2v) is 6.78. The molecule has 0 bridgehead atoms. The van der Waals surface area contributed by atoms with Crippen molar-refractivity contribution < 1.29 is 18.4 Å². The second kappa shape index (κ2) is 8.27. The lowest BCUT2D eigenvalue weighted by Crippen LogP contribution is -2.24. The SMILES string of the molecule is O=C(Cn1cc(C(=O)c2ccncc2)c(=O)c2ccc(F)cc21)Nc1ccc(F)cc1. The van der Waals surface area contributed by atoms with E-state index in [0.29, 0.717) is 5.69 Å². The summed E-state index contributed by atoms with van der Waals surface area (Å²) in [6, 6.07) is 11.7. The molecule has 0 aliphatic heterocycles. The molecule has 0 spiro atoms. The third-order valence-corrected chi connectivity index (χ3v) is 4.67. The number of fused-ring (bicyclic) bond motifs is 1. The summed E-state index contributed by atoms with van der Waals surface area (Å²) in [5, 5.41) is 2.71. The van der Waals surface area contributed by atoms with Crippen LogP contribution in [-0.4, -0.2) is 21.2 Å². The average Bonchev–Trinajstić information content (AvgIpc) is 2.77. The van der Waals surface area contributed by atoms with Gasteiger partial charge in [-0.1, -0.05) is 0 Å². The van der Waals surface area contributed by atoms with Crippen molar-refractivity contribution in [2.45, 2.75) is 6.54 Å². The summed E-state index contributed by atoms with van der Waals surface area (Å²) >= 11 is 0. The number of amides is 1. The van der Waals surface area contributed by atoms with E-state index in [1.165, 1.54) is 65.6 Å². The van der Waals surface area contributed by atoms with Crippen molar-refractivity contribution in [1.29, 1.82) is 0 Å². The summed E-state index contributed by atoms with van der Waals surface area (Å²) in [4.78, 5) is 42.2. The molecule has 1 amide bonds. The fourth-order valence-electron chi connectivity index (χ4n) is 3.20. The largest absolute Gasteiger partial charge is 0.337 e. The Kier molecular flexibility index (Phi) is 5.36. The Balaban J connectivity index is 1.76. The first-order valence-electron chi connectivity index (χ1n) is 9.25. The molecule has 0 radical (unpaired) electrons. The number of pyridine rings is 2. The van der Waals surface area contributed by atoms with E-state index >= 15 is 0 Å². The first kappa shape index (κ1) is 20.1. The van der Waals surface area contributed by atoms with Gasteiger partial charge in [0.2, 0.25) is 11.3 Å². The van der Waals surface area contributed by atoms with Crippen molar-refractivity contribution in [3.05, 3.63) is 106 Å². The maximum absolute atomic E-state index is 13.9. The van der Waals surface area contributed by atoms with Gasteiger partial charge in [-0.05, 0) is 54.6 Å². The van der Waals surface area contributed by atoms with E-state index in [1.54, 1.807) is 0 Å². The molecule has 0 aliphatic carbocycles. The summed E-state index contributed by atoms with van der Waals surface area (Å²) in [6.07, 6.45) is 4.10. The number of nitrogens with one attached hydrogen (secondary N) is 1. The van der Waals surface area contributed by atoms with Gasteiger partial charge in [0.1, 0.15) is 18.2 Å². The molecule has 6 nitrogen and oxygen atoms in total. The monoisotopic (exact) mass is 419 g/mol. The second-order valence-electron chi connectivity index (χ2n) is 6.78. The molecule has 2 heterocycles. The van der Waals surface area contributed by atoms with E-state index < -0.39 is 28.8 Å². The van der Waals surface area contributed by atoms with Crippen LogP contribution < -0.4 is 10.7 Å². The number of benzene rings is 2. The van der Waals surface area contributed by atoms with Gasteiger partial charge in [-0.25, -0.2) is 8.78 Å². The van der Waals surface area contributed by atoms with Gasteiger partial charge in [0.25, 0.3) is 0 Å². The summed E-state index contributed by atoms with van der Waals surface area (Å²) < 4.78 is 28.3. The highest BCUT2D eigenvalue weighted by molar-refractivity contribution is 6.10. The van der Waals surface area contributed by atoms with Crippen LogP contribution >= 0.6 is 0 Å². The summed E-state index contributed by atoms with van der Waals surface area (Å²) in [5.41, 5.74) is 0.0873. The van der Waals surface area contributed by atoms with Crippen LogP contribution in [-0.2, 0) is 11.3 Å². The van der Waals surface area contributed by atoms with E-state index in [9.17, 15) is 23.2 Å². The van der Waals surface area contributed by atoms with Crippen LogP contribution in [0.15, 0.2) is 78.0 Å². The molecule has 31 heavy (non-hydrogen) atoms. The highest BCUT2D eigenvalue weighted by Gasteiger charge is 2.18. The Labute approximate surface area is 174 Å². The Morgan fingerprint density at radius 3 is 2.32 bits per heavy atom. The van der Waals surface area contributed by atoms with Crippen molar-refractivity contribution in [3.8, 4) is 0 Å². The molecule has 4 rings (SSSR count). The van der Waals surface area contributed by atoms with E-state index in [1.807, 2.05) is 0 Å². The zero-order valence-corrected chi connectivity index (χ0v) is 16.0. The third-order valence-electron chi connectivity index (χ3n) is 4.67. The first-order chi connectivity index (χ1) is 14.9. The topological polar surface area (TPSA) is 81.1 Å². The van der Waals surface area contributed by atoms with Crippen LogP contribution in [0.25, 0.3) is 10.9 Å². The lowest BCUT2D eigenvalue weighted by atomic mass is 10.0. The van der Waals surface area contributed by atoms with E-state index in [0.717, 1.165) is 12.1 Å². The van der Waals surface area contributed by atoms with Crippen molar-refractivity contribution in [2.75, 3.05) is 5.32 Å². The van der Waals surface area contributed by atoms with Crippen LogP contribution in [0.4, 0.5) is 14.5 Å². The van der Waals surface area contributed by atoms with Gasteiger partial charge in [-0.2, -0.15) is 0 Å². The molecule has 0 fully saturated rings. The molecule has 154 valence electrons. The lowest BCUT2D eigenvalue weighted by Gasteiger charge is -2.14. The third kappa shape index (κ3) is 4.23. The zero-order chi connectivity index (χ0) is 22.0. The van der Waals surface area contributed by atoms with Gasteiger partial charge < -0.3 is 9.88 Å². The fraction of sp³-hybridized carbons (Fsp3) is 0.0435. The van der Waals surface area contributed by atoms with Gasteiger partial charge in [-0.3, -0.25) is 19.4 Å². The smallest absolute Gasteiger partial charge is 0.244 e. The Morgan fingerprint density at radius 1 is 0.935 bits per heavy atom. The summed E-state index contributed by atoms with van der Waals surface area (Å²) in [7, 11) is 0. The Morgan fingerprint density at radius 2 is 1.61 bits per heavy atom. The molecule has 0 saturated heterocycles. The van der Waals surface area contributed by atoms with E-state index in [4.69, 9.17) is 0 Å². The number of anilines is 1. The highest BCUT2D eigenvalue weighted by atomic mass is 19.1. The predicted octanol–water partition coefficient (Wildman–Crippen LogP) is 3.54. The number of nitrogens with zero attached hydrogens (tertiary/aromatic N) is 2. The lowest BCUT2D eigenvalue weighted by molar-refractivity contribution is -0.116. The van der Waals surface area contributed by atoms with Crippen LogP contribution in [0.2, 0.25) is 0 Å². The van der Waals surface area contributed by atoms with Crippen LogP contribution in [0.5, 0.6) is 0 Å². The number of hydrogen-bond donors (Lipinski definition) is 1. The minimum absolute atomic E-state index is 0.107. The Bertz CT molecular complexity index is 1350. The quantitative estimate of drug-likeness (QED) is 0.502. The molecule has 2 aromatic heterocycles. The number of carbonyl (C=O) groups excluding carboxylic acids is 2. The predicted molar refractivity (Wildman–Crippen MR) is 111 cm³/mol.